The first kappa shape index (κ1) is 20.5. The van der Waals surface area contributed by atoms with Crippen molar-refractivity contribution in [3.63, 3.8) is 0 Å². The van der Waals surface area contributed by atoms with E-state index in [0.29, 0.717) is 31.5 Å². The highest BCUT2D eigenvalue weighted by Gasteiger charge is 2.43. The Balaban J connectivity index is 1.14. The SMILES string of the molecule is O=C(O)c1ccn(C(=O)N2C[C@H]3C[C@@H](OCc4cccc(-c5ccccc5)c4)C[C@H]3C2)n1. The van der Waals surface area contributed by atoms with Gasteiger partial charge in [0, 0.05) is 19.3 Å². The Bertz CT molecular complexity index is 1110. The first-order valence-electron chi connectivity index (χ1n) is 10.9. The molecule has 164 valence electrons. The smallest absolute Gasteiger partial charge is 0.356 e. The number of ether oxygens (including phenoxy) is 1. The van der Waals surface area contributed by atoms with E-state index in [1.807, 2.05) is 18.2 Å². The molecule has 1 aliphatic heterocycles. The molecule has 5 rings (SSSR count). The minimum absolute atomic E-state index is 0.123. The molecule has 7 nitrogen and oxygen atoms in total. The summed E-state index contributed by atoms with van der Waals surface area (Å²) in [5, 5.41) is 12.9. The fraction of sp³-hybridized carbons (Fsp3) is 0.320. The lowest BCUT2D eigenvalue weighted by molar-refractivity contribution is 0.0383. The zero-order chi connectivity index (χ0) is 22.1. The molecule has 1 N–H and O–H groups in total. The predicted molar refractivity (Wildman–Crippen MR) is 118 cm³/mol. The van der Waals surface area contributed by atoms with Crippen molar-refractivity contribution in [1.29, 1.82) is 0 Å². The van der Waals surface area contributed by atoms with Gasteiger partial charge in [-0.05, 0) is 53.5 Å². The quantitative estimate of drug-likeness (QED) is 0.656. The van der Waals surface area contributed by atoms with E-state index < -0.39 is 5.97 Å². The van der Waals surface area contributed by atoms with E-state index in [1.165, 1.54) is 23.4 Å². The van der Waals surface area contributed by atoms with Crippen LogP contribution in [0.2, 0.25) is 0 Å². The number of hydrogen-bond acceptors (Lipinski definition) is 4. The molecule has 7 heteroatoms. The molecule has 32 heavy (non-hydrogen) atoms. The molecule has 2 aliphatic rings. The molecule has 1 aliphatic carbocycles. The van der Waals surface area contributed by atoms with Crippen molar-refractivity contribution in [2.75, 3.05) is 13.1 Å². The Hall–Kier alpha value is -3.45. The summed E-state index contributed by atoms with van der Waals surface area (Å²) in [7, 11) is 0. The van der Waals surface area contributed by atoms with Gasteiger partial charge < -0.3 is 14.7 Å². The number of carboxylic acids is 1. The molecular weight excluding hydrogens is 406 g/mol. The van der Waals surface area contributed by atoms with Gasteiger partial charge in [0.05, 0.1) is 12.7 Å². The van der Waals surface area contributed by atoms with Crippen LogP contribution in [0.15, 0.2) is 66.9 Å². The second-order valence-electron chi connectivity index (χ2n) is 8.63. The summed E-state index contributed by atoms with van der Waals surface area (Å²) in [6.45, 7) is 1.91. The van der Waals surface area contributed by atoms with Crippen molar-refractivity contribution >= 4 is 12.0 Å². The number of likely N-dealkylation sites (tertiary alicyclic amines) is 1. The monoisotopic (exact) mass is 431 g/mol. The summed E-state index contributed by atoms with van der Waals surface area (Å²) in [6.07, 6.45) is 3.49. The molecule has 0 bridgehead atoms. The van der Waals surface area contributed by atoms with E-state index in [-0.39, 0.29) is 17.8 Å². The van der Waals surface area contributed by atoms with Crippen LogP contribution in [0.4, 0.5) is 4.79 Å². The maximum atomic E-state index is 12.7. The van der Waals surface area contributed by atoms with Crippen LogP contribution in [0.3, 0.4) is 0 Å². The molecule has 0 unspecified atom stereocenters. The van der Waals surface area contributed by atoms with Crippen LogP contribution in [-0.2, 0) is 11.3 Å². The number of carbonyl (C=O) groups is 2. The molecule has 1 saturated heterocycles. The van der Waals surface area contributed by atoms with E-state index >= 15 is 0 Å². The van der Waals surface area contributed by atoms with Crippen LogP contribution >= 0.6 is 0 Å². The van der Waals surface area contributed by atoms with Crippen LogP contribution in [0.25, 0.3) is 11.1 Å². The summed E-state index contributed by atoms with van der Waals surface area (Å²) in [4.78, 5) is 25.4. The lowest BCUT2D eigenvalue weighted by atomic mass is 10.0. The second-order valence-corrected chi connectivity index (χ2v) is 8.63. The highest BCUT2D eigenvalue weighted by molar-refractivity contribution is 5.86. The number of nitrogens with zero attached hydrogens (tertiary/aromatic N) is 3. The zero-order valence-corrected chi connectivity index (χ0v) is 17.6. The number of aromatic carboxylic acids is 1. The zero-order valence-electron chi connectivity index (χ0n) is 17.6. The van der Waals surface area contributed by atoms with Crippen molar-refractivity contribution in [1.82, 2.24) is 14.7 Å². The van der Waals surface area contributed by atoms with Crippen molar-refractivity contribution in [2.45, 2.75) is 25.6 Å². The molecule has 0 spiro atoms. The number of fused-ring (bicyclic) bond motifs is 1. The molecule has 3 atom stereocenters. The topological polar surface area (TPSA) is 84.7 Å². The van der Waals surface area contributed by atoms with Gasteiger partial charge in [0.2, 0.25) is 0 Å². The predicted octanol–water partition coefficient (Wildman–Crippen LogP) is 4.14. The number of aromatic nitrogens is 2. The largest absolute Gasteiger partial charge is 0.476 e. The van der Waals surface area contributed by atoms with E-state index in [1.54, 1.807) is 4.90 Å². The highest BCUT2D eigenvalue weighted by Crippen LogP contribution is 2.40. The van der Waals surface area contributed by atoms with Gasteiger partial charge in [-0.2, -0.15) is 9.78 Å². The molecule has 1 amide bonds. The molecular formula is C25H25N3O4. The van der Waals surface area contributed by atoms with Crippen LogP contribution < -0.4 is 0 Å². The summed E-state index contributed by atoms with van der Waals surface area (Å²) < 4.78 is 7.36. The molecule has 2 heterocycles. The second kappa shape index (κ2) is 8.59. The van der Waals surface area contributed by atoms with E-state index in [9.17, 15) is 9.59 Å². The van der Waals surface area contributed by atoms with Gasteiger partial charge in [0.1, 0.15) is 0 Å². The van der Waals surface area contributed by atoms with Gasteiger partial charge in [-0.1, -0.05) is 48.5 Å². The van der Waals surface area contributed by atoms with E-state index in [2.05, 4.69) is 41.5 Å². The average molecular weight is 431 g/mol. The molecule has 0 radical (unpaired) electrons. The number of carboxylic acid groups (broad SMARTS) is 1. The Morgan fingerprint density at radius 3 is 2.38 bits per heavy atom. The third-order valence-electron chi connectivity index (χ3n) is 6.50. The van der Waals surface area contributed by atoms with Crippen LogP contribution in [0.1, 0.15) is 28.9 Å². The summed E-state index contributed by atoms with van der Waals surface area (Å²) >= 11 is 0. The van der Waals surface area contributed by atoms with Gasteiger partial charge >= 0.3 is 12.0 Å². The number of carbonyl (C=O) groups excluding carboxylic acids is 1. The van der Waals surface area contributed by atoms with E-state index in [0.717, 1.165) is 23.1 Å². The summed E-state index contributed by atoms with van der Waals surface area (Å²) in [5.41, 5.74) is 3.42. The van der Waals surface area contributed by atoms with Crippen LogP contribution in [-0.4, -0.2) is 51.0 Å². The average Bonchev–Trinajstić information content (AvgIpc) is 3.53. The number of rotatable bonds is 5. The minimum atomic E-state index is -1.14. The van der Waals surface area contributed by atoms with Crippen molar-refractivity contribution in [2.24, 2.45) is 11.8 Å². The van der Waals surface area contributed by atoms with Gasteiger partial charge in [-0.25, -0.2) is 9.59 Å². The van der Waals surface area contributed by atoms with Crippen molar-refractivity contribution < 1.29 is 19.4 Å². The molecule has 1 aromatic heterocycles. The van der Waals surface area contributed by atoms with Crippen LogP contribution in [0.5, 0.6) is 0 Å². The maximum Gasteiger partial charge on any atom is 0.356 e. The normalized spacial score (nSPS) is 22.1. The summed E-state index contributed by atoms with van der Waals surface area (Å²) in [5.74, 6) is -0.313. The lowest BCUT2D eigenvalue weighted by Crippen LogP contribution is -2.34. The minimum Gasteiger partial charge on any atom is -0.476 e. The Morgan fingerprint density at radius 2 is 1.69 bits per heavy atom. The Kier molecular flexibility index (Phi) is 5.49. The number of amides is 1. The van der Waals surface area contributed by atoms with Gasteiger partial charge in [0.25, 0.3) is 0 Å². The lowest BCUT2D eigenvalue weighted by Gasteiger charge is -2.19. The number of hydrogen-bond donors (Lipinski definition) is 1. The third kappa shape index (κ3) is 4.16. The first-order valence-corrected chi connectivity index (χ1v) is 10.9. The highest BCUT2D eigenvalue weighted by atomic mass is 16.5. The molecule has 2 fully saturated rings. The van der Waals surface area contributed by atoms with E-state index in [4.69, 9.17) is 9.84 Å². The summed E-state index contributed by atoms with van der Waals surface area (Å²) in [6, 6.07) is 19.9. The molecule has 2 aromatic carbocycles. The Labute approximate surface area is 186 Å². The van der Waals surface area contributed by atoms with Crippen molar-refractivity contribution in [3.05, 3.63) is 78.1 Å². The van der Waals surface area contributed by atoms with Gasteiger partial charge in [0.15, 0.2) is 5.69 Å². The first-order chi connectivity index (χ1) is 15.6. The van der Waals surface area contributed by atoms with Gasteiger partial charge in [-0.3, -0.25) is 0 Å². The molecule has 1 saturated carbocycles. The van der Waals surface area contributed by atoms with Crippen LogP contribution in [0, 0.1) is 11.8 Å². The molecule has 3 aromatic rings. The standard InChI is InChI=1S/C25H25N3O4/c29-24(30)23-9-10-28(26-23)25(31)27-14-20-12-22(13-21(20)15-27)32-16-17-5-4-8-19(11-17)18-6-2-1-3-7-18/h1-11,20-22H,12-16H2,(H,29,30)/t20-,21+,22-. The fourth-order valence-electron chi connectivity index (χ4n) is 4.91. The third-order valence-corrected chi connectivity index (χ3v) is 6.50. The Morgan fingerprint density at radius 1 is 0.969 bits per heavy atom. The fourth-order valence-corrected chi connectivity index (χ4v) is 4.91. The maximum absolute atomic E-state index is 12.7. The number of benzene rings is 2. The van der Waals surface area contributed by atoms with Gasteiger partial charge in [-0.15, -0.1) is 0 Å². The van der Waals surface area contributed by atoms with Crippen molar-refractivity contribution in [3.8, 4) is 11.1 Å².